The van der Waals surface area contributed by atoms with Gasteiger partial charge in [-0.3, -0.25) is 0 Å². The number of aliphatic hydroxyl groups excluding tert-OH is 1. The molecule has 0 aliphatic rings. The maximum atomic E-state index is 13.8. The van der Waals surface area contributed by atoms with Gasteiger partial charge in [-0.05, 0) is 26.0 Å². The van der Waals surface area contributed by atoms with E-state index >= 15 is 0 Å². The van der Waals surface area contributed by atoms with Gasteiger partial charge in [-0.1, -0.05) is 0 Å². The maximum Gasteiger partial charge on any atom is 0.187 e. The van der Waals surface area contributed by atoms with Crippen LogP contribution in [0.1, 0.15) is 25.5 Å². The predicted molar refractivity (Wildman–Crippen MR) is 65.0 cm³/mol. The normalized spacial score (nSPS) is 12.8. The van der Waals surface area contributed by atoms with Gasteiger partial charge in [-0.15, -0.1) is 0 Å². The Kier molecular flexibility index (Phi) is 6.04. The van der Waals surface area contributed by atoms with Gasteiger partial charge in [0.2, 0.25) is 0 Å². The van der Waals surface area contributed by atoms with Crippen LogP contribution in [0, 0.1) is 5.82 Å². The predicted octanol–water partition coefficient (Wildman–Crippen LogP) is 2.27. The van der Waals surface area contributed by atoms with E-state index in [-0.39, 0.29) is 5.56 Å². The topological polar surface area (TPSA) is 47.9 Å². The molecule has 1 aromatic carbocycles. The first-order valence-electron chi connectivity index (χ1n) is 5.88. The van der Waals surface area contributed by atoms with Crippen LogP contribution < -0.4 is 4.74 Å². The molecule has 0 heterocycles. The van der Waals surface area contributed by atoms with Crippen LogP contribution in [-0.4, -0.2) is 31.7 Å². The minimum absolute atomic E-state index is 0.128. The summed E-state index contributed by atoms with van der Waals surface area (Å²) >= 11 is 0. The molecule has 0 amide bonds. The molecule has 1 N–H and O–H groups in total. The summed E-state index contributed by atoms with van der Waals surface area (Å²) in [5, 5.41) is 10.1. The van der Waals surface area contributed by atoms with Crippen LogP contribution in [0.4, 0.5) is 4.39 Å². The van der Waals surface area contributed by atoms with Crippen molar-refractivity contribution in [3.8, 4) is 5.75 Å². The van der Waals surface area contributed by atoms with E-state index in [0.29, 0.717) is 19.0 Å². The molecule has 0 radical (unpaired) electrons. The van der Waals surface area contributed by atoms with Crippen LogP contribution in [0.25, 0.3) is 0 Å². The number of hydrogen-bond donors (Lipinski definition) is 1. The second-order valence-electron chi connectivity index (χ2n) is 3.61. The lowest BCUT2D eigenvalue weighted by Crippen LogP contribution is -2.26. The maximum absolute atomic E-state index is 13.8. The zero-order valence-corrected chi connectivity index (χ0v) is 10.9. The van der Waals surface area contributed by atoms with E-state index in [0.717, 1.165) is 0 Å². The highest BCUT2D eigenvalue weighted by Crippen LogP contribution is 2.25. The molecule has 0 saturated heterocycles. The smallest absolute Gasteiger partial charge is 0.187 e. The molecule has 102 valence electrons. The first-order chi connectivity index (χ1) is 8.63. The van der Waals surface area contributed by atoms with E-state index in [1.165, 1.54) is 19.2 Å². The molecule has 0 aliphatic carbocycles. The number of rotatable bonds is 7. The number of hydrogen-bond acceptors (Lipinski definition) is 4. The zero-order chi connectivity index (χ0) is 13.5. The summed E-state index contributed by atoms with van der Waals surface area (Å²) in [6, 6.07) is 4.26. The van der Waals surface area contributed by atoms with E-state index in [1.54, 1.807) is 19.9 Å². The number of benzene rings is 1. The summed E-state index contributed by atoms with van der Waals surface area (Å²) in [5.74, 6) is -0.154. The Balaban J connectivity index is 2.89. The molecule has 1 aromatic rings. The Morgan fingerprint density at radius 2 is 1.83 bits per heavy atom. The number of halogens is 1. The second-order valence-corrected chi connectivity index (χ2v) is 3.61. The number of methoxy groups -OCH3 is 1. The molecule has 1 unspecified atom stereocenters. The highest BCUT2D eigenvalue weighted by atomic mass is 19.1. The lowest BCUT2D eigenvalue weighted by Gasteiger charge is -2.23. The highest BCUT2D eigenvalue weighted by Gasteiger charge is 2.24. The van der Waals surface area contributed by atoms with Gasteiger partial charge in [0.25, 0.3) is 0 Å². The molecular formula is C13H19FO4. The summed E-state index contributed by atoms with van der Waals surface area (Å²) in [5.41, 5.74) is 0.128. The first-order valence-corrected chi connectivity index (χ1v) is 5.88. The molecule has 0 aliphatic heterocycles. The van der Waals surface area contributed by atoms with Crippen LogP contribution in [0.15, 0.2) is 18.2 Å². The molecule has 0 spiro atoms. The first kappa shape index (κ1) is 14.9. The van der Waals surface area contributed by atoms with Crippen molar-refractivity contribution in [2.24, 2.45) is 0 Å². The molecule has 4 nitrogen and oxygen atoms in total. The van der Waals surface area contributed by atoms with Crippen molar-refractivity contribution < 1.29 is 23.7 Å². The third-order valence-corrected chi connectivity index (χ3v) is 2.45. The van der Waals surface area contributed by atoms with E-state index in [4.69, 9.17) is 14.2 Å². The Bertz CT molecular complexity index is 364. The van der Waals surface area contributed by atoms with Crippen LogP contribution in [-0.2, 0) is 9.47 Å². The number of ether oxygens (including phenoxy) is 3. The fraction of sp³-hybridized carbons (Fsp3) is 0.538. The van der Waals surface area contributed by atoms with Crippen molar-refractivity contribution in [3.63, 3.8) is 0 Å². The minimum atomic E-state index is -1.17. The summed E-state index contributed by atoms with van der Waals surface area (Å²) in [6.45, 7) is 4.31. The van der Waals surface area contributed by atoms with Crippen molar-refractivity contribution in [1.82, 2.24) is 0 Å². The number of aliphatic hydroxyl groups is 1. The van der Waals surface area contributed by atoms with E-state index in [1.807, 2.05) is 0 Å². The van der Waals surface area contributed by atoms with E-state index in [9.17, 15) is 9.50 Å². The zero-order valence-electron chi connectivity index (χ0n) is 10.9. The average Bonchev–Trinajstić information content (AvgIpc) is 2.37. The third kappa shape index (κ3) is 3.66. The molecular weight excluding hydrogens is 239 g/mol. The molecule has 0 aromatic heterocycles. The van der Waals surface area contributed by atoms with Gasteiger partial charge in [0.05, 0.1) is 7.11 Å². The molecule has 0 saturated carbocycles. The van der Waals surface area contributed by atoms with Crippen molar-refractivity contribution in [1.29, 1.82) is 0 Å². The fourth-order valence-corrected chi connectivity index (χ4v) is 1.58. The second kappa shape index (κ2) is 7.31. The third-order valence-electron chi connectivity index (χ3n) is 2.45. The largest absolute Gasteiger partial charge is 0.497 e. The monoisotopic (exact) mass is 258 g/mol. The summed E-state index contributed by atoms with van der Waals surface area (Å²) in [7, 11) is 1.45. The Labute approximate surface area is 106 Å². The Hall–Kier alpha value is -1.17. The van der Waals surface area contributed by atoms with Gasteiger partial charge in [0, 0.05) is 24.8 Å². The fourth-order valence-electron chi connectivity index (χ4n) is 1.58. The Morgan fingerprint density at radius 3 is 2.28 bits per heavy atom. The summed E-state index contributed by atoms with van der Waals surface area (Å²) in [6.07, 6.45) is -2.04. The van der Waals surface area contributed by atoms with Gasteiger partial charge < -0.3 is 19.3 Å². The van der Waals surface area contributed by atoms with Crippen molar-refractivity contribution in [2.75, 3.05) is 20.3 Å². The van der Waals surface area contributed by atoms with Crippen LogP contribution in [0.2, 0.25) is 0 Å². The molecule has 18 heavy (non-hydrogen) atoms. The van der Waals surface area contributed by atoms with Crippen LogP contribution in [0.5, 0.6) is 5.75 Å². The van der Waals surface area contributed by atoms with Crippen LogP contribution >= 0.6 is 0 Å². The van der Waals surface area contributed by atoms with Gasteiger partial charge in [0.1, 0.15) is 17.7 Å². The lowest BCUT2D eigenvalue weighted by atomic mass is 10.1. The van der Waals surface area contributed by atoms with E-state index < -0.39 is 18.2 Å². The van der Waals surface area contributed by atoms with E-state index in [2.05, 4.69) is 0 Å². The minimum Gasteiger partial charge on any atom is -0.497 e. The SMILES string of the molecule is CCOC(OCC)C(O)c1ccc(OC)cc1F. The highest BCUT2D eigenvalue weighted by molar-refractivity contribution is 5.30. The van der Waals surface area contributed by atoms with Crippen LogP contribution in [0.3, 0.4) is 0 Å². The molecule has 1 atom stereocenters. The van der Waals surface area contributed by atoms with Gasteiger partial charge >= 0.3 is 0 Å². The molecule has 5 heteroatoms. The molecule has 0 bridgehead atoms. The van der Waals surface area contributed by atoms with Crippen molar-refractivity contribution in [3.05, 3.63) is 29.6 Å². The van der Waals surface area contributed by atoms with Gasteiger partial charge in [-0.25, -0.2) is 4.39 Å². The standard InChI is InChI=1S/C13H19FO4/c1-4-17-13(18-5-2)12(15)10-7-6-9(16-3)8-11(10)14/h6-8,12-13,15H,4-5H2,1-3H3. The van der Waals surface area contributed by atoms with Gasteiger partial charge in [0.15, 0.2) is 6.29 Å². The quantitative estimate of drug-likeness (QED) is 0.762. The summed E-state index contributed by atoms with van der Waals surface area (Å²) < 4.78 is 29.2. The molecule has 0 fully saturated rings. The Morgan fingerprint density at radius 1 is 1.22 bits per heavy atom. The van der Waals surface area contributed by atoms with Crippen molar-refractivity contribution >= 4 is 0 Å². The average molecular weight is 258 g/mol. The molecule has 1 rings (SSSR count). The van der Waals surface area contributed by atoms with Gasteiger partial charge in [-0.2, -0.15) is 0 Å². The van der Waals surface area contributed by atoms with Crippen molar-refractivity contribution in [2.45, 2.75) is 26.2 Å². The lowest BCUT2D eigenvalue weighted by molar-refractivity contribution is -0.192. The summed E-state index contributed by atoms with van der Waals surface area (Å²) in [4.78, 5) is 0.